The number of hydrogen-bond donors (Lipinski definition) is 1. The minimum Gasteiger partial charge on any atom is -0.238 e. The molecule has 0 saturated carbocycles. The number of sulfonamides is 1. The van der Waals surface area contributed by atoms with E-state index >= 15 is 0 Å². The molecule has 0 spiro atoms. The highest BCUT2D eigenvalue weighted by Gasteiger charge is 2.21. The molecule has 0 aliphatic rings. The lowest BCUT2D eigenvalue weighted by atomic mass is 10.4. The summed E-state index contributed by atoms with van der Waals surface area (Å²) in [5, 5.41) is 4.47. The SMILES string of the molecule is NS(=O)(=O)c1cc(C(F)F)nc(Br)c1Cl. The average molecular weight is 322 g/mol. The van der Waals surface area contributed by atoms with Crippen molar-refractivity contribution in [2.45, 2.75) is 11.3 Å². The number of rotatable bonds is 2. The largest absolute Gasteiger partial charge is 0.280 e. The molecular weight excluding hydrogens is 317 g/mol. The van der Waals surface area contributed by atoms with E-state index in [0.717, 1.165) is 0 Å². The minimum atomic E-state index is -4.15. The fraction of sp³-hybridized carbons (Fsp3) is 0.167. The predicted molar refractivity (Wildman–Crippen MR) is 53.3 cm³/mol. The van der Waals surface area contributed by atoms with E-state index in [1.165, 1.54) is 0 Å². The maximum atomic E-state index is 12.3. The number of pyridine rings is 1. The van der Waals surface area contributed by atoms with Gasteiger partial charge in [0.1, 0.15) is 15.2 Å². The second kappa shape index (κ2) is 4.28. The Morgan fingerprint density at radius 3 is 2.47 bits per heavy atom. The highest BCUT2D eigenvalue weighted by Crippen LogP contribution is 2.30. The van der Waals surface area contributed by atoms with Gasteiger partial charge in [0.05, 0.1) is 5.02 Å². The van der Waals surface area contributed by atoms with Gasteiger partial charge in [-0.15, -0.1) is 0 Å². The van der Waals surface area contributed by atoms with Gasteiger partial charge in [0, 0.05) is 0 Å². The quantitative estimate of drug-likeness (QED) is 0.848. The van der Waals surface area contributed by atoms with Crippen LogP contribution in [0.5, 0.6) is 0 Å². The lowest BCUT2D eigenvalue weighted by molar-refractivity contribution is 0.145. The fourth-order valence-electron chi connectivity index (χ4n) is 0.813. The fourth-order valence-corrected chi connectivity index (χ4v) is 2.41. The predicted octanol–water partition coefficient (Wildman–Crippen LogP) is 2.08. The first-order chi connectivity index (χ1) is 6.73. The topological polar surface area (TPSA) is 73.1 Å². The van der Waals surface area contributed by atoms with E-state index in [-0.39, 0.29) is 9.63 Å². The van der Waals surface area contributed by atoms with Gasteiger partial charge in [-0.05, 0) is 22.0 Å². The average Bonchev–Trinajstić information content (AvgIpc) is 2.06. The van der Waals surface area contributed by atoms with Crippen molar-refractivity contribution in [3.8, 4) is 0 Å². The second-order valence-corrected chi connectivity index (χ2v) is 5.15. The Morgan fingerprint density at radius 2 is 2.07 bits per heavy atom. The van der Waals surface area contributed by atoms with Crippen molar-refractivity contribution in [1.82, 2.24) is 4.98 Å². The number of hydrogen-bond acceptors (Lipinski definition) is 3. The van der Waals surface area contributed by atoms with Crippen LogP contribution < -0.4 is 5.14 Å². The highest BCUT2D eigenvalue weighted by molar-refractivity contribution is 9.10. The number of aromatic nitrogens is 1. The lowest BCUT2D eigenvalue weighted by Gasteiger charge is -2.06. The van der Waals surface area contributed by atoms with Gasteiger partial charge in [0.15, 0.2) is 0 Å². The number of halogens is 4. The molecule has 0 amide bonds. The molecule has 0 saturated heterocycles. The lowest BCUT2D eigenvalue weighted by Crippen LogP contribution is -2.14. The second-order valence-electron chi connectivity index (χ2n) is 2.50. The Balaban J connectivity index is 3.52. The molecule has 0 aromatic carbocycles. The van der Waals surface area contributed by atoms with Gasteiger partial charge in [-0.2, -0.15) is 0 Å². The first-order valence-electron chi connectivity index (χ1n) is 3.40. The van der Waals surface area contributed by atoms with Crippen LogP contribution in [-0.2, 0) is 10.0 Å². The molecule has 0 fully saturated rings. The maximum Gasteiger partial charge on any atom is 0.280 e. The van der Waals surface area contributed by atoms with E-state index in [9.17, 15) is 17.2 Å². The summed E-state index contributed by atoms with van der Waals surface area (Å²) in [5.41, 5.74) is -0.713. The summed E-state index contributed by atoms with van der Waals surface area (Å²) in [5.74, 6) is 0. The van der Waals surface area contributed by atoms with Crippen LogP contribution in [0.25, 0.3) is 0 Å². The Bertz CT molecular complexity index is 494. The van der Waals surface area contributed by atoms with Crippen LogP contribution >= 0.6 is 27.5 Å². The van der Waals surface area contributed by atoms with E-state index in [2.05, 4.69) is 20.9 Å². The molecule has 9 heteroatoms. The monoisotopic (exact) mass is 320 g/mol. The van der Waals surface area contributed by atoms with E-state index in [1.807, 2.05) is 0 Å². The van der Waals surface area contributed by atoms with Crippen LogP contribution in [0.4, 0.5) is 8.78 Å². The Hall–Kier alpha value is -0.310. The van der Waals surface area contributed by atoms with Gasteiger partial charge >= 0.3 is 0 Å². The van der Waals surface area contributed by atoms with Crippen molar-refractivity contribution in [3.63, 3.8) is 0 Å². The van der Waals surface area contributed by atoms with Gasteiger partial charge in [-0.3, -0.25) is 0 Å². The molecule has 84 valence electrons. The third-order valence-electron chi connectivity index (χ3n) is 1.43. The van der Waals surface area contributed by atoms with Crippen LogP contribution in [0.2, 0.25) is 5.02 Å². The normalized spacial score (nSPS) is 12.1. The van der Waals surface area contributed by atoms with Crippen molar-refractivity contribution in [1.29, 1.82) is 0 Å². The molecule has 1 rings (SSSR count). The van der Waals surface area contributed by atoms with Gasteiger partial charge < -0.3 is 0 Å². The number of alkyl halides is 2. The van der Waals surface area contributed by atoms with Crippen molar-refractivity contribution in [3.05, 3.63) is 21.4 Å². The summed E-state index contributed by atoms with van der Waals surface area (Å²) < 4.78 is 46.3. The van der Waals surface area contributed by atoms with Gasteiger partial charge in [-0.1, -0.05) is 11.6 Å². The molecule has 2 N–H and O–H groups in total. The van der Waals surface area contributed by atoms with Crippen molar-refractivity contribution >= 4 is 37.6 Å². The molecule has 4 nitrogen and oxygen atoms in total. The maximum absolute atomic E-state index is 12.3. The minimum absolute atomic E-state index is 0.189. The summed E-state index contributed by atoms with van der Waals surface area (Å²) in [4.78, 5) is 2.78. The van der Waals surface area contributed by atoms with E-state index < -0.39 is 27.0 Å². The zero-order valence-electron chi connectivity index (χ0n) is 6.92. The molecule has 1 aromatic heterocycles. The molecule has 0 bridgehead atoms. The van der Waals surface area contributed by atoms with Gasteiger partial charge in [-0.25, -0.2) is 27.3 Å². The molecule has 1 aromatic rings. The third-order valence-corrected chi connectivity index (χ3v) is 3.67. The van der Waals surface area contributed by atoms with Crippen LogP contribution in [0.3, 0.4) is 0 Å². The molecule has 15 heavy (non-hydrogen) atoms. The van der Waals surface area contributed by atoms with Gasteiger partial charge in [0.2, 0.25) is 10.0 Å². The first kappa shape index (κ1) is 12.8. The Kier molecular flexibility index (Phi) is 3.64. The van der Waals surface area contributed by atoms with Crippen molar-refractivity contribution in [2.24, 2.45) is 5.14 Å². The molecule has 1 heterocycles. The van der Waals surface area contributed by atoms with Crippen molar-refractivity contribution < 1.29 is 17.2 Å². The first-order valence-corrected chi connectivity index (χ1v) is 6.12. The van der Waals surface area contributed by atoms with E-state index in [4.69, 9.17) is 16.7 Å². The van der Waals surface area contributed by atoms with Crippen LogP contribution in [0, 0.1) is 0 Å². The highest BCUT2D eigenvalue weighted by atomic mass is 79.9. The zero-order valence-corrected chi connectivity index (χ0v) is 10.1. The van der Waals surface area contributed by atoms with Crippen LogP contribution in [0.15, 0.2) is 15.6 Å². The van der Waals surface area contributed by atoms with Crippen LogP contribution in [-0.4, -0.2) is 13.4 Å². The Morgan fingerprint density at radius 1 is 1.53 bits per heavy atom. The summed E-state index contributed by atoms with van der Waals surface area (Å²) in [6, 6.07) is 0.646. The molecule has 0 aliphatic heterocycles. The number of nitrogens with zero attached hydrogens (tertiary/aromatic N) is 1. The van der Waals surface area contributed by atoms with Gasteiger partial charge in [0.25, 0.3) is 6.43 Å². The molecule has 0 atom stereocenters. The third kappa shape index (κ3) is 2.83. The Labute approximate surface area is 97.6 Å². The zero-order chi connectivity index (χ0) is 11.8. The summed E-state index contributed by atoms with van der Waals surface area (Å²) in [7, 11) is -4.15. The summed E-state index contributed by atoms with van der Waals surface area (Å²) >= 11 is 8.30. The summed E-state index contributed by atoms with van der Waals surface area (Å²) in [6.07, 6.45) is -2.90. The molecule has 0 aliphatic carbocycles. The molecular formula is C6H4BrClF2N2O2S. The number of primary sulfonamides is 1. The standard InChI is InChI=1S/C6H4BrClF2N2O2S/c7-5-4(8)3(15(11,13)14)1-2(12-5)6(9)10/h1,6H,(H2,11,13,14). The van der Waals surface area contributed by atoms with E-state index in [1.54, 1.807) is 0 Å². The summed E-state index contributed by atoms with van der Waals surface area (Å²) in [6.45, 7) is 0. The molecule has 0 unspecified atom stereocenters. The number of nitrogens with two attached hydrogens (primary N) is 1. The van der Waals surface area contributed by atoms with Crippen LogP contribution in [0.1, 0.15) is 12.1 Å². The van der Waals surface area contributed by atoms with Crippen molar-refractivity contribution in [2.75, 3.05) is 0 Å². The smallest absolute Gasteiger partial charge is 0.238 e. The van der Waals surface area contributed by atoms with E-state index in [0.29, 0.717) is 6.07 Å². The molecule has 0 radical (unpaired) electrons.